The number of anilines is 1. The van der Waals surface area contributed by atoms with Gasteiger partial charge in [0, 0.05) is 6.54 Å². The van der Waals surface area contributed by atoms with Crippen LogP contribution in [0.1, 0.15) is 25.5 Å². The number of carboxylic acids is 1. The van der Waals surface area contributed by atoms with E-state index < -0.39 is 5.97 Å². The predicted octanol–water partition coefficient (Wildman–Crippen LogP) is 1.32. The van der Waals surface area contributed by atoms with Crippen molar-refractivity contribution < 1.29 is 9.90 Å². The molecule has 0 bridgehead atoms. The summed E-state index contributed by atoms with van der Waals surface area (Å²) in [5, 5.41) is 19.3. The number of rotatable bonds is 6. The third-order valence-corrected chi connectivity index (χ3v) is 1.87. The number of hydrogen-bond donors (Lipinski definition) is 2. The van der Waals surface area contributed by atoms with Crippen molar-refractivity contribution in [3.63, 3.8) is 0 Å². The molecule has 0 aliphatic carbocycles. The molecule has 1 rings (SSSR count). The van der Waals surface area contributed by atoms with Gasteiger partial charge >= 0.3 is 5.97 Å². The van der Waals surface area contributed by atoms with Crippen LogP contribution in [0.5, 0.6) is 0 Å². The Morgan fingerprint density at radius 1 is 1.47 bits per heavy atom. The minimum absolute atomic E-state index is 0.0817. The third kappa shape index (κ3) is 4.39. The van der Waals surface area contributed by atoms with Gasteiger partial charge in [0.1, 0.15) is 5.82 Å². The summed E-state index contributed by atoms with van der Waals surface area (Å²) in [6.45, 7) is 2.46. The van der Waals surface area contributed by atoms with Crippen LogP contribution >= 0.6 is 0 Å². The fourth-order valence-electron chi connectivity index (χ4n) is 1.14. The maximum atomic E-state index is 10.3. The lowest BCUT2D eigenvalue weighted by Gasteiger charge is -2.03. The van der Waals surface area contributed by atoms with Crippen LogP contribution in [0.2, 0.25) is 0 Å². The lowest BCUT2D eigenvalue weighted by molar-refractivity contribution is -0.136. The molecule has 0 saturated carbocycles. The molecule has 15 heavy (non-hydrogen) atoms. The van der Waals surface area contributed by atoms with Crippen molar-refractivity contribution in [1.82, 2.24) is 10.2 Å². The summed E-state index contributed by atoms with van der Waals surface area (Å²) in [4.78, 5) is 10.3. The number of carboxylic acid groups (broad SMARTS) is 1. The van der Waals surface area contributed by atoms with Gasteiger partial charge < -0.3 is 10.4 Å². The minimum Gasteiger partial charge on any atom is -0.481 e. The van der Waals surface area contributed by atoms with E-state index in [-0.39, 0.29) is 6.42 Å². The smallest absolute Gasteiger partial charge is 0.305 e. The molecule has 0 atom stereocenters. The molecule has 0 amide bonds. The van der Waals surface area contributed by atoms with E-state index in [0.717, 1.165) is 18.5 Å². The highest BCUT2D eigenvalue weighted by molar-refractivity contribution is 5.67. The first-order chi connectivity index (χ1) is 7.22. The monoisotopic (exact) mass is 209 g/mol. The van der Waals surface area contributed by atoms with Gasteiger partial charge in [0.2, 0.25) is 0 Å². The Balaban J connectivity index is 2.39. The van der Waals surface area contributed by atoms with Gasteiger partial charge in [-0.15, -0.1) is 5.10 Å². The molecule has 0 spiro atoms. The second-order valence-electron chi connectivity index (χ2n) is 3.23. The molecule has 0 radical (unpaired) electrons. The van der Waals surface area contributed by atoms with Gasteiger partial charge in [-0.1, -0.05) is 13.3 Å². The SMILES string of the molecule is CCCc1ccc(NCCC(=O)O)nn1. The highest BCUT2D eigenvalue weighted by Gasteiger charge is 1.98. The Hall–Kier alpha value is -1.65. The summed E-state index contributed by atoms with van der Waals surface area (Å²) >= 11 is 0. The van der Waals surface area contributed by atoms with Crippen LogP contribution in [0.15, 0.2) is 12.1 Å². The average Bonchev–Trinajstić information content (AvgIpc) is 2.20. The highest BCUT2D eigenvalue weighted by Crippen LogP contribution is 2.03. The van der Waals surface area contributed by atoms with Crippen LogP contribution in [0.4, 0.5) is 5.82 Å². The number of aliphatic carboxylic acids is 1. The van der Waals surface area contributed by atoms with Crippen LogP contribution < -0.4 is 5.32 Å². The second kappa shape index (κ2) is 5.95. The molecule has 0 aliphatic rings. The molecule has 5 heteroatoms. The molecule has 0 saturated heterocycles. The van der Waals surface area contributed by atoms with E-state index in [1.165, 1.54) is 0 Å². The molecule has 1 aromatic rings. The average molecular weight is 209 g/mol. The Bertz CT molecular complexity index is 311. The van der Waals surface area contributed by atoms with Crippen LogP contribution in [0, 0.1) is 0 Å². The zero-order valence-corrected chi connectivity index (χ0v) is 8.73. The summed E-state index contributed by atoms with van der Waals surface area (Å²) in [6.07, 6.45) is 2.04. The fraction of sp³-hybridized carbons (Fsp3) is 0.500. The number of aryl methyl sites for hydroxylation is 1. The zero-order chi connectivity index (χ0) is 11.1. The summed E-state index contributed by atoms with van der Waals surface area (Å²) in [5.41, 5.74) is 0.960. The summed E-state index contributed by atoms with van der Waals surface area (Å²) in [6, 6.07) is 3.72. The molecular formula is C10H15N3O2. The van der Waals surface area contributed by atoms with E-state index in [2.05, 4.69) is 22.4 Å². The van der Waals surface area contributed by atoms with Gasteiger partial charge in [-0.3, -0.25) is 4.79 Å². The normalized spacial score (nSPS) is 9.93. The molecule has 1 aromatic heterocycles. The third-order valence-electron chi connectivity index (χ3n) is 1.87. The molecule has 0 fully saturated rings. The molecular weight excluding hydrogens is 194 g/mol. The van der Waals surface area contributed by atoms with Crippen LogP contribution in [0.3, 0.4) is 0 Å². The van der Waals surface area contributed by atoms with Crippen molar-refractivity contribution in [2.24, 2.45) is 0 Å². The van der Waals surface area contributed by atoms with Crippen molar-refractivity contribution in [2.45, 2.75) is 26.2 Å². The summed E-state index contributed by atoms with van der Waals surface area (Å²) < 4.78 is 0. The molecule has 5 nitrogen and oxygen atoms in total. The first-order valence-corrected chi connectivity index (χ1v) is 5.00. The first-order valence-electron chi connectivity index (χ1n) is 5.00. The zero-order valence-electron chi connectivity index (χ0n) is 8.73. The van der Waals surface area contributed by atoms with Crippen molar-refractivity contribution in [3.05, 3.63) is 17.8 Å². The maximum absolute atomic E-state index is 10.3. The number of carbonyl (C=O) groups is 1. The minimum atomic E-state index is -0.821. The Morgan fingerprint density at radius 2 is 2.27 bits per heavy atom. The lowest BCUT2D eigenvalue weighted by atomic mass is 10.2. The van der Waals surface area contributed by atoms with E-state index in [4.69, 9.17) is 5.11 Å². The highest BCUT2D eigenvalue weighted by atomic mass is 16.4. The second-order valence-corrected chi connectivity index (χ2v) is 3.23. The topological polar surface area (TPSA) is 75.1 Å². The fourth-order valence-corrected chi connectivity index (χ4v) is 1.14. The first kappa shape index (κ1) is 11.4. The Morgan fingerprint density at radius 3 is 2.80 bits per heavy atom. The van der Waals surface area contributed by atoms with Crippen LogP contribution in [0.25, 0.3) is 0 Å². The predicted molar refractivity (Wildman–Crippen MR) is 56.8 cm³/mol. The van der Waals surface area contributed by atoms with Gasteiger partial charge in [0.15, 0.2) is 0 Å². The maximum Gasteiger partial charge on any atom is 0.305 e. The molecule has 0 aliphatic heterocycles. The summed E-state index contributed by atoms with van der Waals surface area (Å²) in [7, 11) is 0. The van der Waals surface area contributed by atoms with Crippen molar-refractivity contribution in [2.75, 3.05) is 11.9 Å². The molecule has 0 aromatic carbocycles. The van der Waals surface area contributed by atoms with Gasteiger partial charge in [0.05, 0.1) is 12.1 Å². The van der Waals surface area contributed by atoms with E-state index in [1.54, 1.807) is 0 Å². The number of hydrogen-bond acceptors (Lipinski definition) is 4. The Kier molecular flexibility index (Phi) is 4.53. The van der Waals surface area contributed by atoms with Gasteiger partial charge in [0.25, 0.3) is 0 Å². The lowest BCUT2D eigenvalue weighted by Crippen LogP contribution is -2.09. The van der Waals surface area contributed by atoms with E-state index in [1.807, 2.05) is 12.1 Å². The molecule has 2 N–H and O–H groups in total. The molecule has 1 heterocycles. The number of nitrogens with one attached hydrogen (secondary N) is 1. The standard InChI is InChI=1S/C10H15N3O2/c1-2-3-8-4-5-9(13-12-8)11-7-6-10(14)15/h4-5H,2-3,6-7H2,1H3,(H,11,13)(H,14,15). The van der Waals surface area contributed by atoms with E-state index in [9.17, 15) is 4.79 Å². The largest absolute Gasteiger partial charge is 0.481 e. The van der Waals surface area contributed by atoms with Crippen LogP contribution in [-0.4, -0.2) is 27.8 Å². The van der Waals surface area contributed by atoms with Crippen molar-refractivity contribution in [3.8, 4) is 0 Å². The van der Waals surface area contributed by atoms with Gasteiger partial charge in [-0.25, -0.2) is 0 Å². The van der Waals surface area contributed by atoms with Crippen molar-refractivity contribution >= 4 is 11.8 Å². The molecule has 0 unspecified atom stereocenters. The van der Waals surface area contributed by atoms with E-state index in [0.29, 0.717) is 12.4 Å². The van der Waals surface area contributed by atoms with Crippen molar-refractivity contribution in [1.29, 1.82) is 0 Å². The van der Waals surface area contributed by atoms with E-state index >= 15 is 0 Å². The van der Waals surface area contributed by atoms with Gasteiger partial charge in [-0.05, 0) is 18.6 Å². The number of aromatic nitrogens is 2. The quantitative estimate of drug-likeness (QED) is 0.739. The van der Waals surface area contributed by atoms with Gasteiger partial charge in [-0.2, -0.15) is 5.10 Å². The molecule has 82 valence electrons. The number of nitrogens with zero attached hydrogens (tertiary/aromatic N) is 2. The summed E-state index contributed by atoms with van der Waals surface area (Å²) in [5.74, 6) is -0.200. The Labute approximate surface area is 88.5 Å². The van der Waals surface area contributed by atoms with Crippen LogP contribution in [-0.2, 0) is 11.2 Å².